The Morgan fingerprint density at radius 2 is 1.93 bits per heavy atom. The summed E-state index contributed by atoms with van der Waals surface area (Å²) in [6, 6.07) is 9.42. The van der Waals surface area contributed by atoms with Gasteiger partial charge < -0.3 is 5.73 Å². The van der Waals surface area contributed by atoms with E-state index in [0.717, 1.165) is 5.56 Å². The molecule has 1 heterocycles. The van der Waals surface area contributed by atoms with Gasteiger partial charge in [-0.15, -0.1) is 0 Å². The predicted molar refractivity (Wildman–Crippen MR) is 59.4 cm³/mol. The van der Waals surface area contributed by atoms with E-state index in [1.807, 2.05) is 31.2 Å². The van der Waals surface area contributed by atoms with Gasteiger partial charge in [0, 0.05) is 5.56 Å². The highest BCUT2D eigenvalue weighted by Gasteiger charge is 2.01. The quantitative estimate of drug-likeness (QED) is 0.731. The van der Waals surface area contributed by atoms with Crippen LogP contribution >= 0.6 is 0 Å². The number of rotatable bonds is 1. The molecule has 0 aliphatic heterocycles. The molecule has 0 amide bonds. The van der Waals surface area contributed by atoms with E-state index in [9.17, 15) is 4.79 Å². The van der Waals surface area contributed by atoms with Crippen LogP contribution < -0.4 is 11.3 Å². The maximum absolute atomic E-state index is 11.0. The number of aromatic nitrogens is 2. The third-order valence-electron chi connectivity index (χ3n) is 2.18. The summed E-state index contributed by atoms with van der Waals surface area (Å²) in [7, 11) is 0. The second-order valence-electron chi connectivity index (χ2n) is 3.40. The highest BCUT2D eigenvalue weighted by Crippen LogP contribution is 2.16. The molecule has 0 aliphatic carbocycles. The Hall–Kier alpha value is -2.10. The van der Waals surface area contributed by atoms with Crippen molar-refractivity contribution in [2.24, 2.45) is 0 Å². The van der Waals surface area contributed by atoms with E-state index >= 15 is 0 Å². The zero-order valence-corrected chi connectivity index (χ0v) is 8.32. The van der Waals surface area contributed by atoms with Crippen molar-refractivity contribution in [3.63, 3.8) is 0 Å². The number of nitrogens with zero attached hydrogens (tertiary/aromatic N) is 1. The van der Waals surface area contributed by atoms with E-state index in [1.54, 1.807) is 6.07 Å². The van der Waals surface area contributed by atoms with Gasteiger partial charge in [-0.2, -0.15) is 5.10 Å². The minimum Gasteiger partial charge on any atom is -0.394 e. The van der Waals surface area contributed by atoms with Crippen molar-refractivity contribution in [1.29, 1.82) is 0 Å². The second-order valence-corrected chi connectivity index (χ2v) is 3.40. The van der Waals surface area contributed by atoms with Crippen molar-refractivity contribution in [1.82, 2.24) is 10.2 Å². The van der Waals surface area contributed by atoms with Crippen LogP contribution in [0.2, 0.25) is 0 Å². The highest BCUT2D eigenvalue weighted by molar-refractivity contribution is 5.62. The van der Waals surface area contributed by atoms with Crippen molar-refractivity contribution in [3.05, 3.63) is 46.2 Å². The van der Waals surface area contributed by atoms with Crippen LogP contribution in [0.5, 0.6) is 0 Å². The zero-order chi connectivity index (χ0) is 10.8. The molecule has 0 radical (unpaired) electrons. The molecule has 0 unspecified atom stereocenters. The largest absolute Gasteiger partial charge is 0.394 e. The number of anilines is 1. The molecular weight excluding hydrogens is 190 g/mol. The number of H-pyrrole nitrogens is 1. The Morgan fingerprint density at radius 3 is 2.53 bits per heavy atom. The molecule has 2 aromatic rings. The topological polar surface area (TPSA) is 71.8 Å². The molecule has 3 N–H and O–H groups in total. The van der Waals surface area contributed by atoms with E-state index in [-0.39, 0.29) is 11.2 Å². The molecule has 15 heavy (non-hydrogen) atoms. The SMILES string of the molecule is Cc1ccc(-c2cc(N)c(=O)[nH]n2)cc1. The van der Waals surface area contributed by atoms with Gasteiger partial charge in [0.2, 0.25) is 0 Å². The van der Waals surface area contributed by atoms with E-state index in [2.05, 4.69) is 10.2 Å². The summed E-state index contributed by atoms with van der Waals surface area (Å²) in [6.45, 7) is 2.01. The lowest BCUT2D eigenvalue weighted by Crippen LogP contribution is -2.13. The fraction of sp³-hybridized carbons (Fsp3) is 0.0909. The van der Waals surface area contributed by atoms with Crippen LogP contribution in [0.4, 0.5) is 5.69 Å². The van der Waals surface area contributed by atoms with E-state index in [0.29, 0.717) is 5.69 Å². The summed E-state index contributed by atoms with van der Waals surface area (Å²) in [5.41, 5.74) is 8.11. The molecule has 0 fully saturated rings. The third kappa shape index (κ3) is 1.88. The molecule has 0 atom stereocenters. The average molecular weight is 201 g/mol. The molecule has 2 rings (SSSR count). The lowest BCUT2D eigenvalue weighted by Gasteiger charge is -2.01. The van der Waals surface area contributed by atoms with Gasteiger partial charge >= 0.3 is 0 Å². The monoisotopic (exact) mass is 201 g/mol. The number of nitrogen functional groups attached to an aromatic ring is 1. The fourth-order valence-corrected chi connectivity index (χ4v) is 1.29. The normalized spacial score (nSPS) is 10.2. The molecule has 0 saturated carbocycles. The van der Waals surface area contributed by atoms with Gasteiger partial charge in [-0.05, 0) is 13.0 Å². The van der Waals surface area contributed by atoms with Crippen molar-refractivity contribution in [2.45, 2.75) is 6.92 Å². The number of aromatic amines is 1. The van der Waals surface area contributed by atoms with Gasteiger partial charge in [0.25, 0.3) is 5.56 Å². The van der Waals surface area contributed by atoms with Crippen LogP contribution in [0.3, 0.4) is 0 Å². The molecule has 0 saturated heterocycles. The Balaban J connectivity index is 2.50. The van der Waals surface area contributed by atoms with Crippen LogP contribution in [0.1, 0.15) is 5.56 Å². The smallest absolute Gasteiger partial charge is 0.287 e. The van der Waals surface area contributed by atoms with Crippen LogP contribution in [0.15, 0.2) is 35.1 Å². The summed E-state index contributed by atoms with van der Waals surface area (Å²) in [6.07, 6.45) is 0. The van der Waals surface area contributed by atoms with Gasteiger partial charge in [-0.25, -0.2) is 5.10 Å². The third-order valence-corrected chi connectivity index (χ3v) is 2.18. The predicted octanol–water partition coefficient (Wildman–Crippen LogP) is 1.33. The number of aryl methyl sites for hydroxylation is 1. The summed E-state index contributed by atoms with van der Waals surface area (Å²) >= 11 is 0. The van der Waals surface area contributed by atoms with Gasteiger partial charge in [0.05, 0.1) is 5.69 Å². The molecule has 4 nitrogen and oxygen atoms in total. The maximum atomic E-state index is 11.0. The van der Waals surface area contributed by atoms with Crippen LogP contribution in [0.25, 0.3) is 11.3 Å². The first-order chi connectivity index (χ1) is 7.16. The zero-order valence-electron chi connectivity index (χ0n) is 8.32. The molecule has 0 bridgehead atoms. The Labute approximate surface area is 86.8 Å². The number of nitrogens with one attached hydrogen (secondary N) is 1. The lowest BCUT2D eigenvalue weighted by molar-refractivity contribution is 1.000. The minimum atomic E-state index is -0.356. The van der Waals surface area contributed by atoms with Crippen LogP contribution in [0, 0.1) is 6.92 Å². The molecule has 1 aromatic heterocycles. The van der Waals surface area contributed by atoms with E-state index in [4.69, 9.17) is 5.73 Å². The minimum absolute atomic E-state index is 0.181. The molecular formula is C11H11N3O. The Morgan fingerprint density at radius 1 is 1.27 bits per heavy atom. The van der Waals surface area contributed by atoms with Crippen molar-refractivity contribution < 1.29 is 0 Å². The van der Waals surface area contributed by atoms with E-state index in [1.165, 1.54) is 5.56 Å². The average Bonchev–Trinajstić information content (AvgIpc) is 2.23. The first-order valence-corrected chi connectivity index (χ1v) is 4.59. The first-order valence-electron chi connectivity index (χ1n) is 4.59. The Bertz CT molecular complexity index is 528. The number of hydrogen-bond acceptors (Lipinski definition) is 3. The van der Waals surface area contributed by atoms with Gasteiger partial charge in [-0.1, -0.05) is 29.8 Å². The van der Waals surface area contributed by atoms with Crippen LogP contribution in [-0.2, 0) is 0 Å². The van der Waals surface area contributed by atoms with Gasteiger partial charge in [-0.3, -0.25) is 4.79 Å². The van der Waals surface area contributed by atoms with Crippen molar-refractivity contribution in [2.75, 3.05) is 5.73 Å². The molecule has 4 heteroatoms. The maximum Gasteiger partial charge on any atom is 0.287 e. The second kappa shape index (κ2) is 3.57. The number of benzene rings is 1. The van der Waals surface area contributed by atoms with Crippen LogP contribution in [-0.4, -0.2) is 10.2 Å². The fourth-order valence-electron chi connectivity index (χ4n) is 1.29. The lowest BCUT2D eigenvalue weighted by atomic mass is 10.1. The van der Waals surface area contributed by atoms with Gasteiger partial charge in [0.1, 0.15) is 5.69 Å². The summed E-state index contributed by atoms with van der Waals surface area (Å²) < 4.78 is 0. The molecule has 0 spiro atoms. The highest BCUT2D eigenvalue weighted by atomic mass is 16.1. The van der Waals surface area contributed by atoms with E-state index < -0.39 is 0 Å². The first kappa shape index (κ1) is 9.45. The summed E-state index contributed by atoms with van der Waals surface area (Å²) in [4.78, 5) is 11.0. The number of hydrogen-bond donors (Lipinski definition) is 2. The van der Waals surface area contributed by atoms with Crippen molar-refractivity contribution >= 4 is 5.69 Å². The molecule has 76 valence electrons. The summed E-state index contributed by atoms with van der Waals surface area (Å²) in [5.74, 6) is 0. The Kier molecular flexibility index (Phi) is 2.25. The molecule has 1 aromatic carbocycles. The van der Waals surface area contributed by atoms with Crippen molar-refractivity contribution in [3.8, 4) is 11.3 Å². The van der Waals surface area contributed by atoms with Gasteiger partial charge in [0.15, 0.2) is 0 Å². The standard InChI is InChI=1S/C11H11N3O/c1-7-2-4-8(5-3-7)10-6-9(12)11(15)14-13-10/h2-6H,1H3,(H2,12,13)(H,14,15). The number of nitrogens with two attached hydrogens (primary N) is 1. The summed E-state index contributed by atoms with van der Waals surface area (Å²) in [5, 5.41) is 6.27. The molecule has 0 aliphatic rings.